The minimum Gasteiger partial charge on any atom is -0.338 e. The summed E-state index contributed by atoms with van der Waals surface area (Å²) in [6.45, 7) is 3.60. The third-order valence-electron chi connectivity index (χ3n) is 5.60. The van der Waals surface area contributed by atoms with Crippen LogP contribution in [0.5, 0.6) is 0 Å². The van der Waals surface area contributed by atoms with E-state index in [0.717, 1.165) is 43.9 Å². The first-order valence-electron chi connectivity index (χ1n) is 10.0. The molecular formula is C21H29N5O. The molecular weight excluding hydrogens is 338 g/mol. The van der Waals surface area contributed by atoms with E-state index >= 15 is 0 Å². The monoisotopic (exact) mass is 367 g/mol. The van der Waals surface area contributed by atoms with Crippen molar-refractivity contribution in [2.45, 2.75) is 38.1 Å². The van der Waals surface area contributed by atoms with E-state index in [-0.39, 0.29) is 5.91 Å². The lowest BCUT2D eigenvalue weighted by molar-refractivity contribution is 0.0645. The Hall–Kier alpha value is -2.21. The van der Waals surface area contributed by atoms with Gasteiger partial charge in [0.05, 0.1) is 11.3 Å². The fourth-order valence-corrected chi connectivity index (χ4v) is 4.21. The quantitative estimate of drug-likeness (QED) is 0.788. The summed E-state index contributed by atoms with van der Waals surface area (Å²) in [6.07, 6.45) is 10.2. The van der Waals surface area contributed by atoms with Gasteiger partial charge in [-0.1, -0.05) is 6.07 Å². The van der Waals surface area contributed by atoms with Crippen molar-refractivity contribution >= 4 is 5.91 Å². The van der Waals surface area contributed by atoms with Gasteiger partial charge < -0.3 is 9.80 Å². The van der Waals surface area contributed by atoms with Crippen molar-refractivity contribution < 1.29 is 4.79 Å². The van der Waals surface area contributed by atoms with Crippen LogP contribution in [0.3, 0.4) is 0 Å². The van der Waals surface area contributed by atoms with Crippen LogP contribution in [0.1, 0.15) is 53.2 Å². The van der Waals surface area contributed by atoms with Crippen molar-refractivity contribution in [1.29, 1.82) is 0 Å². The van der Waals surface area contributed by atoms with E-state index in [1.165, 1.54) is 24.8 Å². The topological polar surface area (TPSA) is 54.3 Å². The molecule has 0 radical (unpaired) electrons. The van der Waals surface area contributed by atoms with Gasteiger partial charge in [0.25, 0.3) is 5.91 Å². The van der Waals surface area contributed by atoms with Crippen LogP contribution in [-0.4, -0.2) is 57.2 Å². The van der Waals surface area contributed by atoms with Gasteiger partial charge in [-0.15, -0.1) is 0 Å². The van der Waals surface area contributed by atoms with Crippen molar-refractivity contribution in [2.24, 2.45) is 13.0 Å². The molecule has 0 spiro atoms. The van der Waals surface area contributed by atoms with E-state index in [2.05, 4.69) is 33.0 Å². The summed E-state index contributed by atoms with van der Waals surface area (Å²) in [5.74, 6) is 1.19. The second-order valence-corrected chi connectivity index (χ2v) is 8.19. The fraction of sp³-hybridized carbons (Fsp3) is 0.571. The Balaban J connectivity index is 1.37. The molecule has 0 bridgehead atoms. The van der Waals surface area contributed by atoms with Gasteiger partial charge >= 0.3 is 0 Å². The highest BCUT2D eigenvalue weighted by Crippen LogP contribution is 2.41. The van der Waals surface area contributed by atoms with Crippen LogP contribution < -0.4 is 0 Å². The van der Waals surface area contributed by atoms with Crippen molar-refractivity contribution in [3.8, 4) is 0 Å². The van der Waals surface area contributed by atoms with E-state index in [0.29, 0.717) is 11.8 Å². The molecule has 3 heterocycles. The Labute approximate surface area is 161 Å². The number of rotatable bonds is 6. The van der Waals surface area contributed by atoms with Crippen molar-refractivity contribution in [1.82, 2.24) is 24.6 Å². The minimum atomic E-state index is 0.171. The maximum atomic E-state index is 13.1. The predicted molar refractivity (Wildman–Crippen MR) is 104 cm³/mol. The van der Waals surface area contributed by atoms with Gasteiger partial charge in [0.15, 0.2) is 0 Å². The fourth-order valence-electron chi connectivity index (χ4n) is 4.21. The van der Waals surface area contributed by atoms with Gasteiger partial charge in [0.2, 0.25) is 0 Å². The van der Waals surface area contributed by atoms with Crippen LogP contribution >= 0.6 is 0 Å². The van der Waals surface area contributed by atoms with Gasteiger partial charge in [-0.25, -0.2) is 0 Å². The number of nitrogens with zero attached hydrogens (tertiary/aromatic N) is 5. The third-order valence-corrected chi connectivity index (χ3v) is 5.60. The molecule has 1 amide bonds. The number of hydrogen-bond donors (Lipinski definition) is 0. The standard InChI is InChI=1S/C21H29N5O/c1-24(12-16-5-3-9-22-11-16)13-17-6-4-10-26(14-17)21(27)19-15-25(2)23-20(19)18-7-8-18/h3,5,9,11,15,17-18H,4,6-8,10,12-14H2,1-2H3. The molecule has 144 valence electrons. The normalized spacial score (nSPS) is 20.3. The molecule has 6 nitrogen and oxygen atoms in total. The number of carbonyl (C=O) groups is 1. The van der Waals surface area contributed by atoms with Crippen molar-refractivity contribution in [2.75, 3.05) is 26.7 Å². The molecule has 4 rings (SSSR count). The van der Waals surface area contributed by atoms with Crippen LogP contribution in [0.4, 0.5) is 0 Å². The predicted octanol–water partition coefficient (Wildman–Crippen LogP) is 2.68. The van der Waals surface area contributed by atoms with Gasteiger partial charge in [-0.2, -0.15) is 5.10 Å². The Morgan fingerprint density at radius 3 is 2.93 bits per heavy atom. The summed E-state index contributed by atoms with van der Waals surface area (Å²) < 4.78 is 1.80. The molecule has 27 heavy (non-hydrogen) atoms. The van der Waals surface area contributed by atoms with E-state index in [4.69, 9.17) is 0 Å². The zero-order valence-electron chi connectivity index (χ0n) is 16.3. The second-order valence-electron chi connectivity index (χ2n) is 8.19. The summed E-state index contributed by atoms with van der Waals surface area (Å²) in [4.78, 5) is 21.7. The van der Waals surface area contributed by atoms with Crippen LogP contribution in [0.15, 0.2) is 30.7 Å². The Morgan fingerprint density at radius 2 is 2.19 bits per heavy atom. The Bertz CT molecular complexity index is 783. The Kier molecular flexibility index (Phi) is 5.25. The SMILES string of the molecule is CN(Cc1cccnc1)CC1CCCN(C(=O)c2cn(C)nc2C2CC2)C1. The largest absolute Gasteiger partial charge is 0.338 e. The highest BCUT2D eigenvalue weighted by Gasteiger charge is 2.34. The van der Waals surface area contributed by atoms with E-state index in [1.807, 2.05) is 31.7 Å². The molecule has 0 aromatic carbocycles. The zero-order chi connectivity index (χ0) is 18.8. The van der Waals surface area contributed by atoms with Crippen LogP contribution in [0.25, 0.3) is 0 Å². The Morgan fingerprint density at radius 1 is 1.33 bits per heavy atom. The summed E-state index contributed by atoms with van der Waals surface area (Å²) >= 11 is 0. The number of aryl methyl sites for hydroxylation is 1. The van der Waals surface area contributed by atoms with Gasteiger partial charge in [-0.3, -0.25) is 14.5 Å². The van der Waals surface area contributed by atoms with Gasteiger partial charge in [-0.05, 0) is 50.3 Å². The number of aromatic nitrogens is 3. The minimum absolute atomic E-state index is 0.171. The average molecular weight is 367 g/mol. The van der Waals surface area contributed by atoms with E-state index in [9.17, 15) is 4.79 Å². The highest BCUT2D eigenvalue weighted by atomic mass is 16.2. The lowest BCUT2D eigenvalue weighted by Gasteiger charge is -2.34. The number of likely N-dealkylation sites (tertiary alicyclic amines) is 1. The zero-order valence-corrected chi connectivity index (χ0v) is 16.3. The molecule has 2 aromatic rings. The molecule has 6 heteroatoms. The third kappa shape index (κ3) is 4.38. The molecule has 1 atom stereocenters. The average Bonchev–Trinajstić information content (AvgIpc) is 3.44. The summed E-state index contributed by atoms with van der Waals surface area (Å²) in [5.41, 5.74) is 3.07. The molecule has 1 unspecified atom stereocenters. The number of hydrogen-bond acceptors (Lipinski definition) is 4. The molecule has 1 saturated heterocycles. The first-order valence-corrected chi connectivity index (χ1v) is 10.0. The summed E-state index contributed by atoms with van der Waals surface area (Å²) in [7, 11) is 4.06. The summed E-state index contributed by atoms with van der Waals surface area (Å²) in [6, 6.07) is 4.09. The number of piperidine rings is 1. The molecule has 2 fully saturated rings. The molecule has 0 N–H and O–H groups in total. The molecule has 2 aromatic heterocycles. The molecule has 1 aliphatic carbocycles. The lowest BCUT2D eigenvalue weighted by Crippen LogP contribution is -2.43. The number of carbonyl (C=O) groups excluding carboxylic acids is 1. The first-order chi connectivity index (χ1) is 13.1. The van der Waals surface area contributed by atoms with Crippen LogP contribution in [0, 0.1) is 5.92 Å². The maximum Gasteiger partial charge on any atom is 0.257 e. The molecule has 1 saturated carbocycles. The summed E-state index contributed by atoms with van der Waals surface area (Å²) in [5, 5.41) is 4.56. The second kappa shape index (κ2) is 7.80. The molecule has 2 aliphatic rings. The van der Waals surface area contributed by atoms with E-state index in [1.54, 1.807) is 4.68 Å². The number of amides is 1. The van der Waals surface area contributed by atoms with Gasteiger partial charge in [0.1, 0.15) is 0 Å². The lowest BCUT2D eigenvalue weighted by atomic mass is 9.96. The first kappa shape index (κ1) is 18.2. The number of pyridine rings is 1. The maximum absolute atomic E-state index is 13.1. The van der Waals surface area contributed by atoms with Crippen LogP contribution in [-0.2, 0) is 13.6 Å². The smallest absolute Gasteiger partial charge is 0.257 e. The molecule has 1 aliphatic heterocycles. The van der Waals surface area contributed by atoms with Crippen molar-refractivity contribution in [3.63, 3.8) is 0 Å². The van der Waals surface area contributed by atoms with Crippen molar-refractivity contribution in [3.05, 3.63) is 47.5 Å². The highest BCUT2D eigenvalue weighted by molar-refractivity contribution is 5.95. The van der Waals surface area contributed by atoms with Gasteiger partial charge in [0, 0.05) is 57.7 Å². The van der Waals surface area contributed by atoms with Crippen LogP contribution in [0.2, 0.25) is 0 Å². The van der Waals surface area contributed by atoms with E-state index < -0.39 is 0 Å².